The topological polar surface area (TPSA) is 82.4 Å². The zero-order valence-corrected chi connectivity index (χ0v) is 16.8. The number of aromatic hydroxyl groups is 1. The van der Waals surface area contributed by atoms with E-state index in [-0.39, 0.29) is 23.8 Å². The Bertz CT molecular complexity index is 1190. The minimum absolute atomic E-state index is 0.0294. The average molecular weight is 408 g/mol. The Morgan fingerprint density at radius 2 is 1.71 bits per heavy atom. The van der Waals surface area contributed by atoms with Crippen LogP contribution in [0.3, 0.4) is 0 Å². The molecule has 0 saturated carbocycles. The molecule has 0 spiro atoms. The lowest BCUT2D eigenvalue weighted by atomic mass is 9.98. The Morgan fingerprint density at radius 1 is 1.03 bits per heavy atom. The number of hydrogen-bond acceptors (Lipinski definition) is 4. The van der Waals surface area contributed by atoms with E-state index < -0.39 is 6.09 Å². The Labute approximate surface area is 180 Å². The number of nitrogens with zero attached hydrogens (tertiary/aromatic N) is 1. The lowest BCUT2D eigenvalue weighted by Gasteiger charge is -2.14. The van der Waals surface area contributed by atoms with Crippen molar-refractivity contribution in [1.82, 2.24) is 5.32 Å². The molecule has 0 bridgehead atoms. The predicted octanol–water partition coefficient (Wildman–Crippen LogP) is 4.54. The van der Waals surface area contributed by atoms with Crippen molar-refractivity contribution in [2.45, 2.75) is 12.3 Å². The van der Waals surface area contributed by atoms with Gasteiger partial charge in [0, 0.05) is 24.4 Å². The van der Waals surface area contributed by atoms with Gasteiger partial charge in [0.2, 0.25) is 0 Å². The molecule has 5 heteroatoms. The lowest BCUT2D eigenvalue weighted by Crippen LogP contribution is -2.26. The zero-order valence-electron chi connectivity index (χ0n) is 16.8. The molecule has 1 aliphatic carbocycles. The number of ether oxygens (including phenoxy) is 1. The molecule has 2 N–H and O–H groups in total. The molecule has 1 amide bonds. The average Bonchev–Trinajstić information content (AvgIpc) is 3.12. The number of rotatable bonds is 4. The molecule has 0 fully saturated rings. The van der Waals surface area contributed by atoms with Crippen LogP contribution in [0.1, 0.15) is 34.6 Å². The maximum Gasteiger partial charge on any atom is 0.407 e. The van der Waals surface area contributed by atoms with Crippen LogP contribution in [0.2, 0.25) is 0 Å². The van der Waals surface area contributed by atoms with Crippen LogP contribution in [0.15, 0.2) is 66.7 Å². The number of carbonyl (C=O) groups excluding carboxylic acids is 1. The third-order valence-electron chi connectivity index (χ3n) is 5.21. The van der Waals surface area contributed by atoms with E-state index in [1.807, 2.05) is 30.3 Å². The second kappa shape index (κ2) is 9.07. The summed E-state index contributed by atoms with van der Waals surface area (Å²) >= 11 is 0. The number of phenols is 1. The Hall–Kier alpha value is -4.22. The van der Waals surface area contributed by atoms with Gasteiger partial charge in [0.15, 0.2) is 0 Å². The zero-order chi connectivity index (χ0) is 21.6. The van der Waals surface area contributed by atoms with E-state index in [9.17, 15) is 9.90 Å². The van der Waals surface area contributed by atoms with Crippen molar-refractivity contribution in [2.24, 2.45) is 0 Å². The summed E-state index contributed by atoms with van der Waals surface area (Å²) in [5.41, 5.74) is 5.55. The molecular formula is C26H20N2O3. The highest BCUT2D eigenvalue weighted by atomic mass is 16.5. The van der Waals surface area contributed by atoms with E-state index in [0.29, 0.717) is 18.5 Å². The number of carbonyl (C=O) groups is 1. The standard InChI is InChI=1S/C26H20N2O3/c27-16-19-15-18(12-13-25(19)29)7-5-6-14-28-26(30)31-17-24-22-10-3-1-8-20(22)21-9-2-4-11-23(21)24/h1-4,8-13,15,24,29H,6,14,17H2,(H,28,30). The summed E-state index contributed by atoms with van der Waals surface area (Å²) in [7, 11) is 0. The monoisotopic (exact) mass is 408 g/mol. The first kappa shape index (κ1) is 20.1. The van der Waals surface area contributed by atoms with Crippen molar-refractivity contribution in [3.63, 3.8) is 0 Å². The molecule has 0 radical (unpaired) electrons. The second-order valence-corrected chi connectivity index (χ2v) is 7.15. The van der Waals surface area contributed by atoms with Crippen LogP contribution in [0, 0.1) is 23.2 Å². The van der Waals surface area contributed by atoms with Gasteiger partial charge in [0.25, 0.3) is 0 Å². The van der Waals surface area contributed by atoms with Gasteiger partial charge in [0.05, 0.1) is 5.56 Å². The first-order chi connectivity index (χ1) is 15.2. The highest BCUT2D eigenvalue weighted by Crippen LogP contribution is 2.44. The Balaban J connectivity index is 1.29. The van der Waals surface area contributed by atoms with E-state index in [4.69, 9.17) is 10.00 Å². The van der Waals surface area contributed by atoms with Crippen molar-refractivity contribution in [1.29, 1.82) is 5.26 Å². The first-order valence-corrected chi connectivity index (χ1v) is 9.98. The number of benzene rings is 3. The number of phenolic OH excluding ortho intramolecular Hbond substituents is 1. The Kier molecular flexibility index (Phi) is 5.87. The van der Waals surface area contributed by atoms with Gasteiger partial charge in [-0.2, -0.15) is 5.26 Å². The molecule has 1 aliphatic rings. The van der Waals surface area contributed by atoms with Crippen LogP contribution in [0.25, 0.3) is 11.1 Å². The molecule has 0 unspecified atom stereocenters. The molecule has 0 heterocycles. The van der Waals surface area contributed by atoms with E-state index in [1.54, 1.807) is 6.07 Å². The molecule has 4 rings (SSSR count). The third-order valence-corrected chi connectivity index (χ3v) is 5.21. The number of hydrogen-bond donors (Lipinski definition) is 2. The molecule has 5 nitrogen and oxygen atoms in total. The molecule has 3 aromatic carbocycles. The van der Waals surface area contributed by atoms with Crippen molar-refractivity contribution in [2.75, 3.05) is 13.2 Å². The first-order valence-electron chi connectivity index (χ1n) is 9.98. The van der Waals surface area contributed by atoms with E-state index in [0.717, 1.165) is 0 Å². The van der Waals surface area contributed by atoms with Gasteiger partial charge < -0.3 is 15.2 Å². The number of fused-ring (bicyclic) bond motifs is 3. The summed E-state index contributed by atoms with van der Waals surface area (Å²) in [5, 5.41) is 21.2. The van der Waals surface area contributed by atoms with Crippen molar-refractivity contribution >= 4 is 6.09 Å². The summed E-state index contributed by atoms with van der Waals surface area (Å²) in [6, 6.07) is 22.9. The van der Waals surface area contributed by atoms with E-state index in [1.165, 1.54) is 34.4 Å². The van der Waals surface area contributed by atoms with Crippen LogP contribution in [0.5, 0.6) is 5.75 Å². The van der Waals surface area contributed by atoms with E-state index in [2.05, 4.69) is 41.4 Å². The second-order valence-electron chi connectivity index (χ2n) is 7.15. The largest absolute Gasteiger partial charge is 0.507 e. The van der Waals surface area contributed by atoms with Gasteiger partial charge in [-0.3, -0.25) is 0 Å². The SMILES string of the molecule is N#Cc1cc(C#CCCNC(=O)OCC2c3ccccc3-c3ccccc32)ccc1O. The highest BCUT2D eigenvalue weighted by molar-refractivity contribution is 5.79. The smallest absolute Gasteiger partial charge is 0.407 e. The number of amides is 1. The maximum atomic E-state index is 12.1. The third kappa shape index (κ3) is 4.37. The van der Waals surface area contributed by atoms with Crippen LogP contribution in [0.4, 0.5) is 4.79 Å². The molecule has 152 valence electrons. The summed E-state index contributed by atoms with van der Waals surface area (Å²) in [4.78, 5) is 12.1. The highest BCUT2D eigenvalue weighted by Gasteiger charge is 2.28. The maximum absolute atomic E-state index is 12.1. The fraction of sp³-hybridized carbons (Fsp3) is 0.154. The summed E-state index contributed by atoms with van der Waals surface area (Å²) in [5.74, 6) is 5.82. The molecule has 0 aliphatic heterocycles. The summed E-state index contributed by atoms with van der Waals surface area (Å²) in [6.07, 6.45) is -0.0347. The van der Waals surface area contributed by atoms with Crippen LogP contribution >= 0.6 is 0 Å². The van der Waals surface area contributed by atoms with Crippen LogP contribution in [-0.2, 0) is 4.74 Å². The number of nitriles is 1. The van der Waals surface area contributed by atoms with E-state index >= 15 is 0 Å². The van der Waals surface area contributed by atoms with Crippen LogP contribution in [-0.4, -0.2) is 24.4 Å². The van der Waals surface area contributed by atoms with Gasteiger partial charge in [0.1, 0.15) is 18.4 Å². The fourth-order valence-electron chi connectivity index (χ4n) is 3.74. The lowest BCUT2D eigenvalue weighted by molar-refractivity contribution is 0.143. The quantitative estimate of drug-likeness (QED) is 0.490. The number of nitrogens with one attached hydrogen (secondary N) is 1. The molecule has 0 saturated heterocycles. The number of alkyl carbamates (subject to hydrolysis) is 1. The summed E-state index contributed by atoms with van der Waals surface area (Å²) in [6.45, 7) is 0.628. The minimum Gasteiger partial charge on any atom is -0.507 e. The van der Waals surface area contributed by atoms with Crippen molar-refractivity contribution in [3.8, 4) is 34.8 Å². The van der Waals surface area contributed by atoms with Gasteiger partial charge >= 0.3 is 6.09 Å². The fourth-order valence-corrected chi connectivity index (χ4v) is 3.74. The van der Waals surface area contributed by atoms with Gasteiger partial charge in [-0.05, 0) is 40.5 Å². The van der Waals surface area contributed by atoms with Gasteiger partial charge in [-0.15, -0.1) is 0 Å². The molecule has 0 aromatic heterocycles. The van der Waals surface area contributed by atoms with Gasteiger partial charge in [-0.25, -0.2) is 4.79 Å². The van der Waals surface area contributed by atoms with Crippen molar-refractivity contribution < 1.29 is 14.6 Å². The van der Waals surface area contributed by atoms with Gasteiger partial charge in [-0.1, -0.05) is 60.4 Å². The molecular weight excluding hydrogens is 388 g/mol. The van der Waals surface area contributed by atoms with Crippen molar-refractivity contribution in [3.05, 3.63) is 89.0 Å². The van der Waals surface area contributed by atoms with Crippen LogP contribution < -0.4 is 5.32 Å². The predicted molar refractivity (Wildman–Crippen MR) is 117 cm³/mol. The normalized spacial score (nSPS) is 11.5. The Morgan fingerprint density at radius 3 is 2.39 bits per heavy atom. The molecule has 31 heavy (non-hydrogen) atoms. The molecule has 3 aromatic rings. The molecule has 0 atom stereocenters. The minimum atomic E-state index is -0.472. The summed E-state index contributed by atoms with van der Waals surface area (Å²) < 4.78 is 5.49.